The molecule has 0 radical (unpaired) electrons. The summed E-state index contributed by atoms with van der Waals surface area (Å²) in [6.07, 6.45) is 0. The maximum Gasteiger partial charge on any atom is 0.161 e. The summed E-state index contributed by atoms with van der Waals surface area (Å²) in [4.78, 5) is 32.1. The van der Waals surface area contributed by atoms with Crippen molar-refractivity contribution in [2.24, 2.45) is 0 Å². The van der Waals surface area contributed by atoms with Crippen LogP contribution in [0.5, 0.6) is 0 Å². The molecule has 10 heteroatoms. The van der Waals surface area contributed by atoms with Crippen molar-refractivity contribution < 1.29 is 8.83 Å². The standard InChI is InChI=1S/C46H26N2OS.C40H24N2O.C40H24N2S/c1-2-8-30-23-34(18-15-27(30)7-1)44-36-20-22-41-43(38-25-31-9-3-4-10-32(31)26-42(38)50-41)45(36)48-46(47-44)29-16-13-28(14-17-29)33-19-21-40-37(24-33)35-11-5-6-12-39(35)49-40;1-2-11-25(12-3-1)30-18-8-9-19-32(30)40-41-38(31-20-10-16-26-13-6-7-17-29(26)31)33-21-22-35-37(39(33)42-40)34-23-27-14-4-5-15-28(27)24-36(34)43-35;1-2-10-25(11-3-1)27-16-8-17-30(22-27)40-41-38(32-19-9-15-26-12-6-7-18-31(26)32)33-20-21-35-37(39(33)42-40)34-23-28-13-4-5-14-29(28)24-36(34)43-35/h1-26H;2*1-24H. The lowest BCUT2D eigenvalue weighted by atomic mass is 9.96. The molecule has 29 rings (SSSR count). The van der Waals surface area contributed by atoms with Gasteiger partial charge in [-0.25, -0.2) is 29.9 Å². The van der Waals surface area contributed by atoms with Crippen LogP contribution >= 0.6 is 22.7 Å². The van der Waals surface area contributed by atoms with Crippen molar-refractivity contribution in [3.8, 4) is 101 Å². The average molecular weight is 1770 g/mol. The molecule has 0 aliphatic carbocycles. The van der Waals surface area contributed by atoms with Crippen molar-refractivity contribution in [2.75, 3.05) is 0 Å². The van der Waals surface area contributed by atoms with Gasteiger partial charge in [0.05, 0.1) is 39.0 Å². The van der Waals surface area contributed by atoms with Crippen LogP contribution in [0, 0.1) is 0 Å². The number of rotatable bonds is 9. The van der Waals surface area contributed by atoms with Crippen LogP contribution in [-0.2, 0) is 0 Å². The van der Waals surface area contributed by atoms with E-state index in [9.17, 15) is 0 Å². The predicted octanol–water partition coefficient (Wildman–Crippen LogP) is 35.3. The molecule has 0 aliphatic heterocycles. The number of hydrogen-bond donors (Lipinski definition) is 0. The first-order valence-electron chi connectivity index (χ1n) is 45.8. The second-order valence-electron chi connectivity index (χ2n) is 34.9. The van der Waals surface area contributed by atoms with Crippen LogP contribution in [0.4, 0.5) is 0 Å². The van der Waals surface area contributed by atoms with Gasteiger partial charge in [0.2, 0.25) is 0 Å². The van der Waals surface area contributed by atoms with Crippen LogP contribution in [0.3, 0.4) is 0 Å². The second kappa shape index (κ2) is 32.2. The minimum atomic E-state index is 0.692. The van der Waals surface area contributed by atoms with E-state index in [4.69, 9.17) is 38.7 Å². The quantitative estimate of drug-likeness (QED) is 0.141. The molecule has 7 aromatic heterocycles. The van der Waals surface area contributed by atoms with E-state index in [1.54, 1.807) is 0 Å². The first-order chi connectivity index (χ1) is 67.3. The Kier molecular flexibility index (Phi) is 18.5. The zero-order valence-electron chi connectivity index (χ0n) is 73.0. The van der Waals surface area contributed by atoms with E-state index in [0.29, 0.717) is 5.82 Å². The zero-order valence-corrected chi connectivity index (χ0v) is 74.7. The number of fused-ring (bicyclic) bond motifs is 24. The topological polar surface area (TPSA) is 104 Å². The maximum atomic E-state index is 6.46. The highest BCUT2D eigenvalue weighted by atomic mass is 32.1. The Balaban J connectivity index is 0.000000104. The third-order valence-corrected chi connectivity index (χ3v) is 29.2. The SMILES string of the molecule is c1ccc(-c2cccc(-c3nc(-c4cccc5ccccc45)c4ccc5sc6cc7ccccc7cc6c5c4n3)c2)cc1.c1ccc(-c2ccccc2-c2nc(-c3cccc4ccccc34)c3ccc4oc5cc6ccccc6cc5c4c3n2)cc1.c1ccc2cc(-c3nc(-c4ccc(-c5ccc6oc7ccccc7c6c5)cc4)nc4c3ccc3sc5cc6ccccc6cc5c34)ccc2c1. The Morgan fingerprint density at radius 1 is 0.154 bits per heavy atom. The molecular formula is C126H74N6O2S2. The summed E-state index contributed by atoms with van der Waals surface area (Å²) in [7, 11) is 0. The summed E-state index contributed by atoms with van der Waals surface area (Å²) in [6, 6.07) is 159. The molecule has 136 heavy (non-hydrogen) atoms. The Bertz CT molecular complexity index is 9970. The first kappa shape index (κ1) is 78.3. The van der Waals surface area contributed by atoms with Crippen molar-refractivity contribution in [3.63, 3.8) is 0 Å². The van der Waals surface area contributed by atoms with E-state index >= 15 is 0 Å². The Labute approximate surface area is 787 Å². The largest absolute Gasteiger partial charge is 0.456 e. The third-order valence-electron chi connectivity index (χ3n) is 26.9. The van der Waals surface area contributed by atoms with Gasteiger partial charge >= 0.3 is 0 Å². The molecule has 0 aliphatic rings. The van der Waals surface area contributed by atoms with Gasteiger partial charge in [-0.1, -0.05) is 346 Å². The lowest BCUT2D eigenvalue weighted by molar-refractivity contribution is 0.669. The summed E-state index contributed by atoms with van der Waals surface area (Å²) in [6.45, 7) is 0. The van der Waals surface area contributed by atoms with Gasteiger partial charge in [-0.15, -0.1) is 22.7 Å². The van der Waals surface area contributed by atoms with Gasteiger partial charge in [-0.2, -0.15) is 0 Å². The van der Waals surface area contributed by atoms with Crippen LogP contribution in [-0.4, -0.2) is 29.9 Å². The Morgan fingerprint density at radius 2 is 0.544 bits per heavy atom. The fourth-order valence-electron chi connectivity index (χ4n) is 20.4. The average Bonchev–Trinajstić information content (AvgIpc) is 1.52. The second-order valence-corrected chi connectivity index (χ2v) is 37.1. The molecule has 0 atom stereocenters. The molecule has 0 spiro atoms. The van der Waals surface area contributed by atoms with Crippen LogP contribution in [0.25, 0.3) is 283 Å². The number of aromatic nitrogens is 6. The fraction of sp³-hybridized carbons (Fsp3) is 0. The van der Waals surface area contributed by atoms with Crippen LogP contribution in [0.2, 0.25) is 0 Å². The summed E-state index contributed by atoms with van der Waals surface area (Å²) >= 11 is 3.67. The van der Waals surface area contributed by atoms with Crippen molar-refractivity contribution in [2.45, 2.75) is 0 Å². The molecular weight excluding hydrogens is 1690 g/mol. The number of thiophene rings is 2. The minimum Gasteiger partial charge on any atom is -0.456 e. The summed E-state index contributed by atoms with van der Waals surface area (Å²) in [5.74, 6) is 2.15. The molecule has 22 aromatic carbocycles. The van der Waals surface area contributed by atoms with Crippen molar-refractivity contribution in [3.05, 3.63) is 449 Å². The summed E-state index contributed by atoms with van der Waals surface area (Å²) in [5, 5.41) is 26.8. The van der Waals surface area contributed by atoms with E-state index in [1.807, 2.05) is 40.9 Å². The van der Waals surface area contributed by atoms with Gasteiger partial charge < -0.3 is 8.83 Å². The highest BCUT2D eigenvalue weighted by Gasteiger charge is 2.26. The molecule has 0 saturated heterocycles. The number of hydrogen-bond acceptors (Lipinski definition) is 10. The van der Waals surface area contributed by atoms with Gasteiger partial charge in [-0.3, -0.25) is 0 Å². The first-order valence-corrected chi connectivity index (χ1v) is 47.4. The Hall–Kier alpha value is -17.5. The van der Waals surface area contributed by atoms with E-state index in [-0.39, 0.29) is 0 Å². The highest BCUT2D eigenvalue weighted by molar-refractivity contribution is 7.26. The number of furan rings is 2. The van der Waals surface area contributed by atoms with Gasteiger partial charge in [0.25, 0.3) is 0 Å². The van der Waals surface area contributed by atoms with Crippen LogP contribution in [0.15, 0.2) is 458 Å². The third kappa shape index (κ3) is 13.5. The van der Waals surface area contributed by atoms with Crippen LogP contribution in [0.1, 0.15) is 0 Å². The maximum absolute atomic E-state index is 6.46. The smallest absolute Gasteiger partial charge is 0.161 e. The van der Waals surface area contributed by atoms with E-state index in [2.05, 4.69) is 431 Å². The van der Waals surface area contributed by atoms with Gasteiger partial charge in [-0.05, 0) is 201 Å². The van der Waals surface area contributed by atoms with Crippen molar-refractivity contribution >= 4 is 204 Å². The van der Waals surface area contributed by atoms with Crippen LogP contribution < -0.4 is 0 Å². The molecule has 0 N–H and O–H groups in total. The number of para-hydroxylation sites is 1. The molecule has 0 amide bonds. The van der Waals surface area contributed by atoms with Gasteiger partial charge in [0, 0.05) is 106 Å². The normalized spacial score (nSPS) is 11.8. The summed E-state index contributed by atoms with van der Waals surface area (Å²) in [5.41, 5.74) is 22.3. The molecule has 8 nitrogen and oxygen atoms in total. The van der Waals surface area contributed by atoms with Gasteiger partial charge in [0.1, 0.15) is 22.3 Å². The van der Waals surface area contributed by atoms with Gasteiger partial charge in [0.15, 0.2) is 17.5 Å². The molecule has 0 unspecified atom stereocenters. The molecule has 0 fully saturated rings. The number of nitrogens with zero attached hydrogens (tertiary/aromatic N) is 6. The molecule has 29 aromatic rings. The monoisotopic (exact) mass is 1770 g/mol. The highest BCUT2D eigenvalue weighted by Crippen LogP contribution is 2.49. The number of benzene rings is 22. The van der Waals surface area contributed by atoms with Crippen molar-refractivity contribution in [1.29, 1.82) is 0 Å². The zero-order chi connectivity index (χ0) is 89.4. The lowest BCUT2D eigenvalue weighted by Crippen LogP contribution is -1.97. The lowest BCUT2D eigenvalue weighted by Gasteiger charge is -2.14. The minimum absolute atomic E-state index is 0.692. The van der Waals surface area contributed by atoms with E-state index in [0.717, 1.165) is 177 Å². The molecule has 0 saturated carbocycles. The van der Waals surface area contributed by atoms with E-state index < -0.39 is 0 Å². The van der Waals surface area contributed by atoms with E-state index in [1.165, 1.54) is 99.8 Å². The summed E-state index contributed by atoms with van der Waals surface area (Å²) < 4.78 is 17.6. The van der Waals surface area contributed by atoms with Crippen molar-refractivity contribution in [1.82, 2.24) is 29.9 Å². The Morgan fingerprint density at radius 3 is 1.18 bits per heavy atom. The predicted molar refractivity (Wildman–Crippen MR) is 573 cm³/mol. The molecule has 7 heterocycles. The molecule has 0 bridgehead atoms. The fourth-order valence-corrected chi connectivity index (χ4v) is 22.6. The molecule has 632 valence electrons.